The number of hydrogen-bond donors (Lipinski definition) is 0. The molecule has 0 aliphatic carbocycles. The molecule has 0 saturated carbocycles. The summed E-state index contributed by atoms with van der Waals surface area (Å²) in [5.74, 6) is 0.827. The van der Waals surface area contributed by atoms with Gasteiger partial charge in [-0.2, -0.15) is 0 Å². The normalized spacial score (nSPS) is 12.1. The molecule has 0 amide bonds. The van der Waals surface area contributed by atoms with Crippen molar-refractivity contribution in [1.82, 2.24) is 19.7 Å². The number of thioether (sulfide) groups is 1. The Bertz CT molecular complexity index is 910. The van der Waals surface area contributed by atoms with Crippen LogP contribution in [0, 0.1) is 0 Å². The summed E-state index contributed by atoms with van der Waals surface area (Å²) in [5, 5.41) is 9.11. The van der Waals surface area contributed by atoms with E-state index in [-0.39, 0.29) is 11.0 Å². The second-order valence-corrected chi connectivity index (χ2v) is 7.67. The monoisotopic (exact) mass is 396 g/mol. The van der Waals surface area contributed by atoms with E-state index in [0.717, 1.165) is 23.4 Å². The maximum absolute atomic E-state index is 12.8. The Balaban J connectivity index is 1.82. The van der Waals surface area contributed by atoms with Crippen molar-refractivity contribution in [3.05, 3.63) is 59.9 Å². The van der Waals surface area contributed by atoms with Gasteiger partial charge in [-0.05, 0) is 31.0 Å². The van der Waals surface area contributed by atoms with E-state index >= 15 is 0 Å². The first-order valence-electron chi connectivity index (χ1n) is 9.26. The topological polar surface area (TPSA) is 69.9 Å². The third-order valence-electron chi connectivity index (χ3n) is 4.47. The molecule has 3 rings (SSSR count). The third-order valence-corrected chi connectivity index (χ3v) is 5.55. The van der Waals surface area contributed by atoms with E-state index in [9.17, 15) is 4.79 Å². The predicted molar refractivity (Wildman–Crippen MR) is 111 cm³/mol. The van der Waals surface area contributed by atoms with E-state index in [1.807, 2.05) is 47.9 Å². The van der Waals surface area contributed by atoms with Crippen LogP contribution in [0.3, 0.4) is 0 Å². The lowest BCUT2D eigenvalue weighted by molar-refractivity contribution is 0.0994. The highest BCUT2D eigenvalue weighted by Crippen LogP contribution is 2.28. The average Bonchev–Trinajstić information content (AvgIpc) is 3.14. The fraction of sp³-hybridized carbons (Fsp3) is 0.333. The second kappa shape index (κ2) is 9.61. The van der Waals surface area contributed by atoms with Gasteiger partial charge in [0, 0.05) is 30.6 Å². The number of hydrogen-bond acceptors (Lipinski definition) is 6. The summed E-state index contributed by atoms with van der Waals surface area (Å²) in [6, 6.07) is 11.6. The lowest BCUT2D eigenvalue weighted by Crippen LogP contribution is -2.15. The molecule has 146 valence electrons. The summed E-state index contributed by atoms with van der Waals surface area (Å²) in [4.78, 5) is 16.9. The molecule has 0 saturated heterocycles. The lowest BCUT2D eigenvalue weighted by atomic mass is 10.1. The standard InChI is InChI=1S/C21H24N4O2S/c1-4-16-5-7-17(8-6-16)19(26)15(2)28-21-24-23-20(25(21)13-14-27-3)18-9-11-22-12-10-18/h5-12,15H,4,13-14H2,1-3H3. The highest BCUT2D eigenvalue weighted by molar-refractivity contribution is 8.00. The van der Waals surface area contributed by atoms with Gasteiger partial charge >= 0.3 is 0 Å². The van der Waals surface area contributed by atoms with Crippen molar-refractivity contribution in [2.45, 2.75) is 37.2 Å². The van der Waals surface area contributed by atoms with Crippen molar-refractivity contribution in [3.63, 3.8) is 0 Å². The summed E-state index contributed by atoms with van der Waals surface area (Å²) < 4.78 is 7.23. The van der Waals surface area contributed by atoms with E-state index in [2.05, 4.69) is 22.1 Å². The van der Waals surface area contributed by atoms with Crippen molar-refractivity contribution in [2.75, 3.05) is 13.7 Å². The molecule has 0 spiro atoms. The first-order chi connectivity index (χ1) is 13.6. The number of rotatable bonds is 9. The molecule has 7 heteroatoms. The van der Waals surface area contributed by atoms with Gasteiger partial charge in [-0.25, -0.2) is 0 Å². The second-order valence-electron chi connectivity index (χ2n) is 6.36. The molecule has 6 nitrogen and oxygen atoms in total. The minimum atomic E-state index is -0.275. The number of benzene rings is 1. The van der Waals surface area contributed by atoms with Crippen LogP contribution in [0.15, 0.2) is 53.9 Å². The minimum Gasteiger partial charge on any atom is -0.383 e. The molecular formula is C21H24N4O2S. The van der Waals surface area contributed by atoms with Crippen LogP contribution in [-0.2, 0) is 17.7 Å². The summed E-state index contributed by atoms with van der Waals surface area (Å²) in [7, 11) is 1.66. The Hall–Kier alpha value is -2.51. The number of nitrogens with zero attached hydrogens (tertiary/aromatic N) is 4. The smallest absolute Gasteiger partial charge is 0.192 e. The van der Waals surface area contributed by atoms with Gasteiger partial charge in [0.2, 0.25) is 0 Å². The summed E-state index contributed by atoms with van der Waals surface area (Å²) >= 11 is 1.42. The van der Waals surface area contributed by atoms with E-state index in [1.165, 1.54) is 17.3 Å². The molecule has 0 fully saturated rings. The van der Waals surface area contributed by atoms with Crippen molar-refractivity contribution in [3.8, 4) is 11.4 Å². The average molecular weight is 397 g/mol. The molecule has 0 aliphatic rings. The summed E-state index contributed by atoms with van der Waals surface area (Å²) in [5.41, 5.74) is 2.87. The van der Waals surface area contributed by atoms with Crippen LogP contribution >= 0.6 is 11.8 Å². The van der Waals surface area contributed by atoms with Gasteiger partial charge < -0.3 is 4.74 Å². The van der Waals surface area contributed by atoms with Gasteiger partial charge in [0.25, 0.3) is 0 Å². The zero-order valence-electron chi connectivity index (χ0n) is 16.3. The van der Waals surface area contributed by atoms with Gasteiger partial charge in [0.1, 0.15) is 0 Å². The van der Waals surface area contributed by atoms with Gasteiger partial charge in [-0.3, -0.25) is 14.3 Å². The van der Waals surface area contributed by atoms with E-state index in [1.54, 1.807) is 19.5 Å². The molecular weight excluding hydrogens is 372 g/mol. The Morgan fingerprint density at radius 1 is 1.14 bits per heavy atom. The summed E-state index contributed by atoms with van der Waals surface area (Å²) in [6.07, 6.45) is 4.41. The van der Waals surface area contributed by atoms with Crippen LogP contribution in [0.2, 0.25) is 0 Å². The van der Waals surface area contributed by atoms with Gasteiger partial charge in [-0.15, -0.1) is 10.2 Å². The molecule has 3 aromatic rings. The number of aryl methyl sites for hydroxylation is 1. The molecule has 2 heterocycles. The van der Waals surface area contributed by atoms with Crippen LogP contribution in [0.5, 0.6) is 0 Å². The molecule has 1 aromatic carbocycles. The Labute approximate surface area is 169 Å². The van der Waals surface area contributed by atoms with E-state index < -0.39 is 0 Å². The largest absolute Gasteiger partial charge is 0.383 e. The molecule has 0 bridgehead atoms. The van der Waals surface area contributed by atoms with Crippen LogP contribution in [0.25, 0.3) is 11.4 Å². The molecule has 0 aliphatic heterocycles. The number of methoxy groups -OCH3 is 1. The van der Waals surface area contributed by atoms with Crippen LogP contribution in [0.4, 0.5) is 0 Å². The third kappa shape index (κ3) is 4.66. The minimum absolute atomic E-state index is 0.0828. The van der Waals surface area contributed by atoms with E-state index in [4.69, 9.17) is 4.74 Å². The maximum Gasteiger partial charge on any atom is 0.192 e. The highest BCUT2D eigenvalue weighted by atomic mass is 32.2. The maximum atomic E-state index is 12.8. The first-order valence-corrected chi connectivity index (χ1v) is 10.1. The highest BCUT2D eigenvalue weighted by Gasteiger charge is 2.21. The number of ether oxygens (including phenoxy) is 1. The number of aromatic nitrogens is 4. The zero-order chi connectivity index (χ0) is 19.9. The van der Waals surface area contributed by atoms with Gasteiger partial charge in [0.15, 0.2) is 16.8 Å². The van der Waals surface area contributed by atoms with Crippen molar-refractivity contribution in [1.29, 1.82) is 0 Å². The molecule has 1 unspecified atom stereocenters. The first kappa shape index (κ1) is 20.2. The Morgan fingerprint density at radius 3 is 2.50 bits per heavy atom. The van der Waals surface area contributed by atoms with Crippen LogP contribution in [0.1, 0.15) is 29.8 Å². The zero-order valence-corrected chi connectivity index (χ0v) is 17.1. The Morgan fingerprint density at radius 2 is 1.86 bits per heavy atom. The predicted octanol–water partition coefficient (Wildman–Crippen LogP) is 3.91. The van der Waals surface area contributed by atoms with Crippen LogP contribution < -0.4 is 0 Å². The van der Waals surface area contributed by atoms with E-state index in [0.29, 0.717) is 18.3 Å². The van der Waals surface area contributed by atoms with Gasteiger partial charge in [-0.1, -0.05) is 43.0 Å². The molecule has 2 aromatic heterocycles. The number of carbonyl (C=O) groups is 1. The molecule has 28 heavy (non-hydrogen) atoms. The van der Waals surface area contributed by atoms with Crippen molar-refractivity contribution < 1.29 is 9.53 Å². The van der Waals surface area contributed by atoms with Crippen molar-refractivity contribution >= 4 is 17.5 Å². The molecule has 0 radical (unpaired) electrons. The van der Waals surface area contributed by atoms with Crippen molar-refractivity contribution in [2.24, 2.45) is 0 Å². The molecule has 1 atom stereocenters. The number of pyridine rings is 1. The van der Waals surface area contributed by atoms with Gasteiger partial charge in [0.05, 0.1) is 18.4 Å². The quantitative estimate of drug-likeness (QED) is 0.403. The SMILES string of the molecule is CCc1ccc(C(=O)C(C)Sc2nnc(-c3ccncc3)n2CCOC)cc1. The lowest BCUT2D eigenvalue weighted by Gasteiger charge is -2.13. The number of Topliss-reactive ketones (excluding diaryl/α,β-unsaturated/α-hetero) is 1. The fourth-order valence-electron chi connectivity index (χ4n) is 2.83. The number of carbonyl (C=O) groups excluding carboxylic acids is 1. The number of ketones is 1. The molecule has 0 N–H and O–H groups in total. The fourth-order valence-corrected chi connectivity index (χ4v) is 3.78. The summed E-state index contributed by atoms with van der Waals surface area (Å²) in [6.45, 7) is 5.14. The Kier molecular flexibility index (Phi) is 6.95. The van der Waals surface area contributed by atoms with Crippen LogP contribution in [-0.4, -0.2) is 44.5 Å².